The highest BCUT2D eigenvalue weighted by Gasteiger charge is 2.21. The lowest BCUT2D eigenvalue weighted by molar-refractivity contribution is -0.870. The molecule has 312 valence electrons. The van der Waals surface area contributed by atoms with E-state index in [0.29, 0.717) is 17.4 Å². The summed E-state index contributed by atoms with van der Waals surface area (Å²) in [7, 11) is 1.14. The molecule has 0 aliphatic carbocycles. The van der Waals surface area contributed by atoms with Crippen LogP contribution < -0.4 is 4.89 Å². The topological polar surface area (TPSA) is 111 Å². The number of nitrogens with zero attached hydrogens (tertiary/aromatic N) is 1. The molecule has 0 aliphatic heterocycles. The minimum Gasteiger partial charge on any atom is -0.756 e. The van der Waals surface area contributed by atoms with E-state index in [4.69, 9.17) is 18.5 Å². The van der Waals surface area contributed by atoms with Crippen LogP contribution in [0.5, 0.6) is 0 Å². The summed E-state index contributed by atoms with van der Waals surface area (Å²) >= 11 is 0. The van der Waals surface area contributed by atoms with E-state index in [1.165, 1.54) is 64.2 Å². The summed E-state index contributed by atoms with van der Waals surface area (Å²) in [6.45, 7) is 5.56. The minimum absolute atomic E-state index is 0.0389. The van der Waals surface area contributed by atoms with Gasteiger partial charge in [0.1, 0.15) is 19.8 Å². The fourth-order valence-electron chi connectivity index (χ4n) is 5.47. The van der Waals surface area contributed by atoms with Gasteiger partial charge < -0.3 is 27.9 Å². The second kappa shape index (κ2) is 36.4. The summed E-state index contributed by atoms with van der Waals surface area (Å²) in [5, 5.41) is 0. The Labute approximate surface area is 330 Å². The molecule has 0 bridgehead atoms. The predicted octanol–water partition coefficient (Wildman–Crippen LogP) is 11.1. The van der Waals surface area contributed by atoms with E-state index in [1.54, 1.807) is 0 Å². The fraction of sp³-hybridized carbons (Fsp3) is 0.727. The van der Waals surface area contributed by atoms with E-state index in [-0.39, 0.29) is 26.1 Å². The molecule has 0 heterocycles. The standard InChI is InChI=1S/C44H78NO8P/c1-6-8-10-12-14-16-18-20-22-24-26-28-30-32-34-36-43(46)50-40-42(41-52-54(48,49)51-39-38-45(3,4)5)53-44(47)37-35-33-31-29-27-25-23-21-19-17-15-13-11-9-7-2/h6,9,11,13,15,17,19,21,23,42H,1,7-8,10,12,14,16,18,20,22,24-41H2,2-5H3/b11-9+,15-13+,19-17+,23-21+/t42-/m1/s1. The summed E-state index contributed by atoms with van der Waals surface area (Å²) in [6.07, 6.45) is 41.4. The maximum atomic E-state index is 12.6. The molecular weight excluding hydrogens is 701 g/mol. The molecule has 9 nitrogen and oxygen atoms in total. The van der Waals surface area contributed by atoms with Crippen LogP contribution in [0.3, 0.4) is 0 Å². The minimum atomic E-state index is -4.63. The number of phosphoric ester groups is 1. The van der Waals surface area contributed by atoms with Gasteiger partial charge in [-0.25, -0.2) is 0 Å². The lowest BCUT2D eigenvalue weighted by Crippen LogP contribution is -2.37. The van der Waals surface area contributed by atoms with Gasteiger partial charge in [0, 0.05) is 12.8 Å². The smallest absolute Gasteiger partial charge is 0.306 e. The molecule has 0 aromatic rings. The first-order chi connectivity index (χ1) is 26.0. The van der Waals surface area contributed by atoms with Crippen molar-refractivity contribution >= 4 is 19.8 Å². The van der Waals surface area contributed by atoms with E-state index >= 15 is 0 Å². The number of quaternary nitrogens is 1. The van der Waals surface area contributed by atoms with Crippen molar-refractivity contribution in [2.45, 2.75) is 161 Å². The van der Waals surface area contributed by atoms with Crippen LogP contribution in [0.25, 0.3) is 0 Å². The molecule has 0 N–H and O–H groups in total. The monoisotopic (exact) mass is 780 g/mol. The molecule has 1 unspecified atom stereocenters. The molecule has 0 aromatic heterocycles. The number of rotatable bonds is 38. The van der Waals surface area contributed by atoms with Crippen molar-refractivity contribution in [3.05, 3.63) is 61.3 Å². The number of allylic oxidation sites excluding steroid dienone is 9. The number of likely N-dealkylation sites (N-methyl/N-ethyl adjacent to an activating group) is 1. The van der Waals surface area contributed by atoms with Crippen LogP contribution in [0.15, 0.2) is 61.3 Å². The summed E-state index contributed by atoms with van der Waals surface area (Å²) in [4.78, 5) is 37.5. The third-order valence-corrected chi connectivity index (χ3v) is 9.73. The van der Waals surface area contributed by atoms with E-state index < -0.39 is 32.5 Å². The first kappa shape index (κ1) is 51.7. The van der Waals surface area contributed by atoms with Gasteiger partial charge in [0.05, 0.1) is 27.7 Å². The van der Waals surface area contributed by atoms with Crippen LogP contribution in [0, 0.1) is 0 Å². The zero-order valence-corrected chi connectivity index (χ0v) is 35.6. The predicted molar refractivity (Wildman–Crippen MR) is 222 cm³/mol. The Morgan fingerprint density at radius 2 is 1.09 bits per heavy atom. The molecule has 0 aliphatic rings. The quantitative estimate of drug-likeness (QED) is 0.0152. The molecule has 2 atom stereocenters. The molecule has 54 heavy (non-hydrogen) atoms. The lowest BCUT2D eigenvalue weighted by Gasteiger charge is -2.28. The van der Waals surface area contributed by atoms with Crippen molar-refractivity contribution in [2.75, 3.05) is 47.5 Å². The largest absolute Gasteiger partial charge is 0.756 e. The van der Waals surface area contributed by atoms with Crippen molar-refractivity contribution in [2.24, 2.45) is 0 Å². The summed E-state index contributed by atoms with van der Waals surface area (Å²) < 4.78 is 33.8. The molecule has 0 saturated carbocycles. The molecule has 0 fully saturated rings. The number of carbonyl (C=O) groups is 2. The second-order valence-corrected chi connectivity index (χ2v) is 16.6. The Kier molecular flexibility index (Phi) is 34.8. The van der Waals surface area contributed by atoms with E-state index in [0.717, 1.165) is 64.2 Å². The number of unbranched alkanes of at least 4 members (excludes halogenated alkanes) is 18. The average molecular weight is 780 g/mol. The Morgan fingerprint density at radius 3 is 1.61 bits per heavy atom. The van der Waals surface area contributed by atoms with E-state index in [9.17, 15) is 19.0 Å². The van der Waals surface area contributed by atoms with Gasteiger partial charge in [-0.15, -0.1) is 6.58 Å². The highest BCUT2D eigenvalue weighted by molar-refractivity contribution is 7.45. The molecule has 0 spiro atoms. The molecule has 0 saturated heterocycles. The molecule has 10 heteroatoms. The number of esters is 2. The van der Waals surface area contributed by atoms with Gasteiger partial charge in [0.2, 0.25) is 0 Å². The number of phosphoric acid groups is 1. The Bertz CT molecular complexity index is 1090. The number of hydrogen-bond donors (Lipinski definition) is 0. The van der Waals surface area contributed by atoms with Gasteiger partial charge in [-0.1, -0.05) is 151 Å². The molecular formula is C44H78NO8P. The van der Waals surface area contributed by atoms with Gasteiger partial charge in [0.25, 0.3) is 7.82 Å². The van der Waals surface area contributed by atoms with Crippen molar-refractivity contribution in [3.8, 4) is 0 Å². The summed E-state index contributed by atoms with van der Waals surface area (Å²) in [6, 6.07) is 0. The van der Waals surface area contributed by atoms with Crippen LogP contribution in [0.4, 0.5) is 0 Å². The SMILES string of the molecule is C=CCCCCCCCCCCCCCCCC(=O)OC[C@H](COP(=O)([O-])OCC[N+](C)(C)C)OC(=O)CCCCCCC/C=C/C=C/C=C/C=C/CC. The van der Waals surface area contributed by atoms with Crippen molar-refractivity contribution in [3.63, 3.8) is 0 Å². The van der Waals surface area contributed by atoms with Crippen LogP contribution in [-0.4, -0.2) is 70.0 Å². The summed E-state index contributed by atoms with van der Waals surface area (Å²) in [5.41, 5.74) is 0. The lowest BCUT2D eigenvalue weighted by atomic mass is 10.0. The normalized spacial score (nSPS) is 14.0. The van der Waals surface area contributed by atoms with Gasteiger partial charge in [-0.05, 0) is 44.9 Å². The molecule has 0 aromatic carbocycles. The van der Waals surface area contributed by atoms with E-state index in [2.05, 4.69) is 31.7 Å². The second-order valence-electron chi connectivity index (χ2n) is 15.1. The third kappa shape index (κ3) is 39.4. The first-order valence-corrected chi connectivity index (χ1v) is 22.5. The van der Waals surface area contributed by atoms with Crippen molar-refractivity contribution in [1.29, 1.82) is 0 Å². The highest BCUT2D eigenvalue weighted by Crippen LogP contribution is 2.38. The van der Waals surface area contributed by atoms with Gasteiger partial charge >= 0.3 is 11.9 Å². The average Bonchev–Trinajstić information content (AvgIpc) is 3.12. The Hall–Kier alpha value is -2.29. The van der Waals surface area contributed by atoms with Crippen LogP contribution in [-0.2, 0) is 32.7 Å². The number of ether oxygens (including phenoxy) is 2. The first-order valence-electron chi connectivity index (χ1n) is 21.0. The number of hydrogen-bond acceptors (Lipinski definition) is 8. The fourth-order valence-corrected chi connectivity index (χ4v) is 6.20. The van der Waals surface area contributed by atoms with E-state index in [1.807, 2.05) is 57.6 Å². The van der Waals surface area contributed by atoms with Crippen LogP contribution in [0.2, 0.25) is 0 Å². The third-order valence-electron chi connectivity index (χ3n) is 8.76. The highest BCUT2D eigenvalue weighted by atomic mass is 31.2. The maximum absolute atomic E-state index is 12.6. The number of carbonyl (C=O) groups excluding carboxylic acids is 2. The molecule has 0 radical (unpaired) electrons. The van der Waals surface area contributed by atoms with Crippen molar-refractivity contribution in [1.82, 2.24) is 0 Å². The molecule has 0 amide bonds. The van der Waals surface area contributed by atoms with Crippen molar-refractivity contribution < 1.29 is 42.1 Å². The maximum Gasteiger partial charge on any atom is 0.306 e. The zero-order chi connectivity index (χ0) is 40.0. The van der Waals surface area contributed by atoms with Gasteiger partial charge in [-0.3, -0.25) is 14.2 Å². The zero-order valence-electron chi connectivity index (χ0n) is 34.7. The summed E-state index contributed by atoms with van der Waals surface area (Å²) in [5.74, 6) is -0.868. The molecule has 0 rings (SSSR count). The van der Waals surface area contributed by atoms with Crippen LogP contribution in [0.1, 0.15) is 155 Å². The van der Waals surface area contributed by atoms with Crippen LogP contribution >= 0.6 is 7.82 Å². The van der Waals surface area contributed by atoms with Gasteiger partial charge in [0.15, 0.2) is 6.10 Å². The Morgan fingerprint density at radius 1 is 0.630 bits per heavy atom. The Balaban J connectivity index is 4.41. The van der Waals surface area contributed by atoms with Gasteiger partial charge in [-0.2, -0.15) is 0 Å².